The van der Waals surface area contributed by atoms with Crippen molar-refractivity contribution >= 4 is 34.0 Å². The zero-order valence-corrected chi connectivity index (χ0v) is 16.4. The molecule has 0 bridgehead atoms. The van der Waals surface area contributed by atoms with Gasteiger partial charge in [-0.2, -0.15) is 0 Å². The number of hydrogen-bond acceptors (Lipinski definition) is 6. The van der Waals surface area contributed by atoms with Gasteiger partial charge in [0.05, 0.1) is 4.88 Å². The fraction of sp³-hybridized carbons (Fsp3) is 0.190. The number of ether oxygens (including phenoxy) is 1. The van der Waals surface area contributed by atoms with E-state index in [-0.39, 0.29) is 11.5 Å². The van der Waals surface area contributed by atoms with Crippen LogP contribution in [0.4, 0.5) is 0 Å². The number of aryl methyl sites for hydroxylation is 2. The van der Waals surface area contributed by atoms with E-state index < -0.39 is 12.1 Å². The predicted octanol–water partition coefficient (Wildman–Crippen LogP) is 4.93. The second-order valence-corrected chi connectivity index (χ2v) is 7.43. The van der Waals surface area contributed by atoms with Crippen LogP contribution in [0.1, 0.15) is 39.2 Å². The molecule has 4 aromatic rings. The molecule has 1 unspecified atom stereocenters. The van der Waals surface area contributed by atoms with E-state index in [4.69, 9.17) is 9.15 Å². The molecule has 1 aromatic carbocycles. The number of nitrogens with one attached hydrogen (secondary N) is 1. The molecule has 0 amide bonds. The van der Waals surface area contributed by atoms with Gasteiger partial charge in [-0.25, -0.2) is 9.78 Å². The number of carbonyl (C=O) groups excluding carboxylic acids is 2. The molecule has 7 heteroatoms. The molecule has 6 nitrogen and oxygen atoms in total. The Morgan fingerprint density at radius 2 is 1.96 bits per heavy atom. The summed E-state index contributed by atoms with van der Waals surface area (Å²) in [5.74, 6) is -0.215. The average molecular weight is 394 g/mol. The molecule has 0 saturated carbocycles. The van der Waals surface area contributed by atoms with Crippen LogP contribution in [0.5, 0.6) is 0 Å². The van der Waals surface area contributed by atoms with Gasteiger partial charge in [0.25, 0.3) is 0 Å². The SMILES string of the molecule is Cc1[nH]c2ccccc2c1C(=O)C(C)OC(=O)c1nc(-c2cccs2)oc1C. The summed E-state index contributed by atoms with van der Waals surface area (Å²) in [5, 5.41) is 2.71. The molecule has 0 fully saturated rings. The van der Waals surface area contributed by atoms with Crippen LogP contribution in [0.15, 0.2) is 46.2 Å². The zero-order valence-electron chi connectivity index (χ0n) is 15.6. The molecule has 0 aliphatic carbocycles. The van der Waals surface area contributed by atoms with Crippen LogP contribution in [0.2, 0.25) is 0 Å². The zero-order chi connectivity index (χ0) is 19.8. The number of nitrogens with zero attached hydrogens (tertiary/aromatic N) is 1. The van der Waals surface area contributed by atoms with Gasteiger partial charge in [0.1, 0.15) is 5.76 Å². The maximum atomic E-state index is 12.9. The van der Waals surface area contributed by atoms with Gasteiger partial charge in [-0.3, -0.25) is 4.79 Å². The fourth-order valence-corrected chi connectivity index (χ4v) is 3.81. The van der Waals surface area contributed by atoms with E-state index in [2.05, 4.69) is 9.97 Å². The number of fused-ring (bicyclic) bond motifs is 1. The lowest BCUT2D eigenvalue weighted by Gasteiger charge is -2.11. The van der Waals surface area contributed by atoms with E-state index in [9.17, 15) is 9.59 Å². The summed E-state index contributed by atoms with van der Waals surface area (Å²) in [6.45, 7) is 5.05. The normalized spacial score (nSPS) is 12.2. The lowest BCUT2D eigenvalue weighted by Crippen LogP contribution is -2.25. The maximum absolute atomic E-state index is 12.9. The third-order valence-electron chi connectivity index (χ3n) is 4.51. The highest BCUT2D eigenvalue weighted by molar-refractivity contribution is 7.13. The summed E-state index contributed by atoms with van der Waals surface area (Å²) in [7, 11) is 0. The van der Waals surface area contributed by atoms with Crippen LogP contribution < -0.4 is 0 Å². The number of para-hydroxylation sites is 1. The van der Waals surface area contributed by atoms with Crippen molar-refractivity contribution in [3.8, 4) is 10.8 Å². The van der Waals surface area contributed by atoms with Gasteiger partial charge in [-0.1, -0.05) is 24.3 Å². The Hall–Kier alpha value is -3.19. The molecular formula is C21H18N2O4S. The van der Waals surface area contributed by atoms with Gasteiger partial charge < -0.3 is 14.1 Å². The van der Waals surface area contributed by atoms with E-state index in [1.165, 1.54) is 11.3 Å². The van der Waals surface area contributed by atoms with Crippen molar-refractivity contribution in [3.05, 3.63) is 64.5 Å². The third-order valence-corrected chi connectivity index (χ3v) is 5.37. The second-order valence-electron chi connectivity index (χ2n) is 6.48. The third kappa shape index (κ3) is 3.14. The van der Waals surface area contributed by atoms with E-state index >= 15 is 0 Å². The minimum absolute atomic E-state index is 0.0821. The summed E-state index contributed by atoms with van der Waals surface area (Å²) in [4.78, 5) is 33.8. The number of carbonyl (C=O) groups is 2. The number of ketones is 1. The smallest absolute Gasteiger partial charge is 0.361 e. The molecule has 0 radical (unpaired) electrons. The number of Topliss-reactive ketones (excluding diaryl/α,β-unsaturated/α-hetero) is 1. The van der Waals surface area contributed by atoms with Gasteiger partial charge in [0.15, 0.2) is 11.8 Å². The fourth-order valence-electron chi connectivity index (χ4n) is 3.16. The Labute approximate surface area is 165 Å². The number of oxazole rings is 1. The van der Waals surface area contributed by atoms with Gasteiger partial charge >= 0.3 is 5.97 Å². The van der Waals surface area contributed by atoms with Crippen molar-refractivity contribution < 1.29 is 18.7 Å². The Morgan fingerprint density at radius 3 is 2.71 bits per heavy atom. The van der Waals surface area contributed by atoms with E-state index in [1.54, 1.807) is 13.8 Å². The van der Waals surface area contributed by atoms with Crippen molar-refractivity contribution in [3.63, 3.8) is 0 Å². The Kier molecular flexibility index (Phi) is 4.60. The Bertz CT molecular complexity index is 1170. The number of aromatic amines is 1. The summed E-state index contributed by atoms with van der Waals surface area (Å²) >= 11 is 1.46. The molecular weight excluding hydrogens is 376 g/mol. The largest absolute Gasteiger partial charge is 0.449 e. The number of esters is 1. The van der Waals surface area contributed by atoms with Crippen LogP contribution in [0.3, 0.4) is 0 Å². The summed E-state index contributed by atoms with van der Waals surface area (Å²) in [5.41, 5.74) is 2.23. The van der Waals surface area contributed by atoms with E-state index in [0.717, 1.165) is 21.5 Å². The van der Waals surface area contributed by atoms with E-state index in [0.29, 0.717) is 17.2 Å². The maximum Gasteiger partial charge on any atom is 0.361 e. The van der Waals surface area contributed by atoms with Gasteiger partial charge in [0.2, 0.25) is 11.7 Å². The molecule has 28 heavy (non-hydrogen) atoms. The number of H-pyrrole nitrogens is 1. The van der Waals surface area contributed by atoms with Gasteiger partial charge in [0, 0.05) is 22.2 Å². The molecule has 0 saturated heterocycles. The van der Waals surface area contributed by atoms with E-state index in [1.807, 2.05) is 48.7 Å². The average Bonchev–Trinajstić information content (AvgIpc) is 3.38. The Balaban J connectivity index is 1.56. The topological polar surface area (TPSA) is 85.2 Å². The number of rotatable bonds is 5. The quantitative estimate of drug-likeness (QED) is 0.383. The van der Waals surface area contributed by atoms with Crippen molar-refractivity contribution in [2.24, 2.45) is 0 Å². The van der Waals surface area contributed by atoms with Crippen molar-refractivity contribution in [2.45, 2.75) is 26.9 Å². The van der Waals surface area contributed by atoms with Crippen LogP contribution in [0.25, 0.3) is 21.7 Å². The number of aromatic nitrogens is 2. The molecule has 4 rings (SSSR count). The monoisotopic (exact) mass is 394 g/mol. The summed E-state index contributed by atoms with van der Waals surface area (Å²) < 4.78 is 11.0. The first-order valence-electron chi connectivity index (χ1n) is 8.79. The van der Waals surface area contributed by atoms with Gasteiger partial charge in [-0.05, 0) is 38.3 Å². The second kappa shape index (κ2) is 7.09. The van der Waals surface area contributed by atoms with Crippen molar-refractivity contribution in [2.75, 3.05) is 0 Å². The standard InChI is InChI=1S/C21H18N2O4S/c1-11-17(14-7-4-5-8-15(14)22-11)19(24)13(3)27-21(25)18-12(2)26-20(23-18)16-9-6-10-28-16/h4-10,13,22H,1-3H3. The number of thiophene rings is 1. The molecule has 0 spiro atoms. The highest BCUT2D eigenvalue weighted by atomic mass is 32.1. The van der Waals surface area contributed by atoms with Crippen molar-refractivity contribution in [1.29, 1.82) is 0 Å². The number of hydrogen-bond donors (Lipinski definition) is 1. The Morgan fingerprint density at radius 1 is 1.18 bits per heavy atom. The van der Waals surface area contributed by atoms with Gasteiger partial charge in [-0.15, -0.1) is 11.3 Å². The lowest BCUT2D eigenvalue weighted by atomic mass is 10.0. The highest BCUT2D eigenvalue weighted by Crippen LogP contribution is 2.27. The number of benzene rings is 1. The first kappa shape index (κ1) is 18.2. The van der Waals surface area contributed by atoms with Crippen molar-refractivity contribution in [1.82, 2.24) is 9.97 Å². The molecule has 142 valence electrons. The molecule has 1 N–H and O–H groups in total. The summed E-state index contributed by atoms with van der Waals surface area (Å²) in [6, 6.07) is 11.3. The molecule has 3 heterocycles. The van der Waals surface area contributed by atoms with Crippen LogP contribution in [-0.4, -0.2) is 27.8 Å². The van der Waals surface area contributed by atoms with Crippen LogP contribution in [0, 0.1) is 13.8 Å². The highest BCUT2D eigenvalue weighted by Gasteiger charge is 2.27. The van der Waals surface area contributed by atoms with Crippen LogP contribution in [-0.2, 0) is 4.74 Å². The molecule has 3 aromatic heterocycles. The molecule has 1 atom stereocenters. The van der Waals surface area contributed by atoms with Crippen LogP contribution >= 0.6 is 11.3 Å². The first-order valence-corrected chi connectivity index (χ1v) is 9.67. The molecule has 0 aliphatic rings. The predicted molar refractivity (Wildman–Crippen MR) is 107 cm³/mol. The minimum atomic E-state index is -0.952. The minimum Gasteiger partial charge on any atom is -0.449 e. The summed E-state index contributed by atoms with van der Waals surface area (Å²) in [6.07, 6.45) is -0.952. The lowest BCUT2D eigenvalue weighted by molar-refractivity contribution is 0.0312. The first-order chi connectivity index (χ1) is 13.5. The molecule has 0 aliphatic heterocycles.